The summed E-state index contributed by atoms with van der Waals surface area (Å²) in [5.74, 6) is 2.33. The second-order valence-electron chi connectivity index (χ2n) is 6.00. The third kappa shape index (κ3) is 4.56. The molecule has 1 saturated heterocycles. The number of hydrogen-bond acceptors (Lipinski definition) is 6. The van der Waals surface area contributed by atoms with Gasteiger partial charge in [0.05, 0.1) is 25.0 Å². The van der Waals surface area contributed by atoms with E-state index in [4.69, 9.17) is 9.47 Å². The van der Waals surface area contributed by atoms with Crippen molar-refractivity contribution in [3.05, 3.63) is 46.2 Å². The number of nitrogens with one attached hydrogen (secondary N) is 1. The van der Waals surface area contributed by atoms with Gasteiger partial charge in [-0.1, -0.05) is 12.1 Å². The zero-order valence-corrected chi connectivity index (χ0v) is 16.9. The SMILES string of the molecule is COc1ccc(CCNC(=O)C2CSCN2C(=O)c2cccs2)cc1OC. The molecule has 0 bridgehead atoms. The summed E-state index contributed by atoms with van der Waals surface area (Å²) in [4.78, 5) is 27.5. The highest BCUT2D eigenvalue weighted by Gasteiger charge is 2.35. The van der Waals surface area contributed by atoms with Gasteiger partial charge in [-0.3, -0.25) is 9.59 Å². The Morgan fingerprint density at radius 3 is 2.74 bits per heavy atom. The Bertz CT molecular complexity index is 795. The zero-order chi connectivity index (χ0) is 19.2. The number of amides is 2. The molecular formula is C19H22N2O4S2. The van der Waals surface area contributed by atoms with Crippen LogP contribution < -0.4 is 14.8 Å². The molecular weight excluding hydrogens is 384 g/mol. The van der Waals surface area contributed by atoms with Gasteiger partial charge >= 0.3 is 0 Å². The second kappa shape index (κ2) is 9.14. The van der Waals surface area contributed by atoms with E-state index in [0.29, 0.717) is 41.0 Å². The first-order chi connectivity index (χ1) is 13.1. The van der Waals surface area contributed by atoms with Crippen LogP contribution in [-0.2, 0) is 11.2 Å². The Labute approximate surface area is 166 Å². The second-order valence-corrected chi connectivity index (χ2v) is 7.95. The quantitative estimate of drug-likeness (QED) is 0.766. The molecule has 1 N–H and O–H groups in total. The highest BCUT2D eigenvalue weighted by molar-refractivity contribution is 7.99. The van der Waals surface area contributed by atoms with Crippen molar-refractivity contribution in [2.24, 2.45) is 0 Å². The number of hydrogen-bond donors (Lipinski definition) is 1. The summed E-state index contributed by atoms with van der Waals surface area (Å²) in [5.41, 5.74) is 1.04. The first-order valence-corrected chi connectivity index (χ1v) is 10.6. The summed E-state index contributed by atoms with van der Waals surface area (Å²) < 4.78 is 10.5. The molecule has 1 aliphatic heterocycles. The number of thioether (sulfide) groups is 1. The number of thiophene rings is 1. The maximum absolute atomic E-state index is 12.6. The van der Waals surface area contributed by atoms with Crippen LogP contribution in [0.5, 0.6) is 11.5 Å². The minimum Gasteiger partial charge on any atom is -0.493 e. The molecule has 1 aromatic heterocycles. The Morgan fingerprint density at radius 2 is 2.04 bits per heavy atom. The fourth-order valence-corrected chi connectivity index (χ4v) is 4.72. The third-order valence-corrected chi connectivity index (χ3v) is 6.21. The average Bonchev–Trinajstić information content (AvgIpc) is 3.39. The van der Waals surface area contributed by atoms with Crippen LogP contribution >= 0.6 is 23.1 Å². The van der Waals surface area contributed by atoms with Gasteiger partial charge < -0.3 is 19.7 Å². The number of nitrogens with zero attached hydrogens (tertiary/aromatic N) is 1. The normalized spacial score (nSPS) is 16.2. The van der Waals surface area contributed by atoms with Crippen LogP contribution in [0.25, 0.3) is 0 Å². The van der Waals surface area contributed by atoms with E-state index in [9.17, 15) is 9.59 Å². The number of benzene rings is 1. The number of carbonyl (C=O) groups is 2. The van der Waals surface area contributed by atoms with Crippen molar-refractivity contribution in [3.8, 4) is 11.5 Å². The maximum Gasteiger partial charge on any atom is 0.265 e. The lowest BCUT2D eigenvalue weighted by Gasteiger charge is -2.22. The molecule has 1 aromatic carbocycles. The van der Waals surface area contributed by atoms with Gasteiger partial charge in [-0.25, -0.2) is 0 Å². The molecule has 1 atom stereocenters. The van der Waals surface area contributed by atoms with Crippen molar-refractivity contribution in [1.82, 2.24) is 10.2 Å². The topological polar surface area (TPSA) is 67.9 Å². The smallest absolute Gasteiger partial charge is 0.265 e. The number of methoxy groups -OCH3 is 2. The van der Waals surface area contributed by atoms with E-state index in [1.807, 2.05) is 29.6 Å². The van der Waals surface area contributed by atoms with E-state index in [1.54, 1.807) is 36.9 Å². The minimum atomic E-state index is -0.421. The van der Waals surface area contributed by atoms with Crippen LogP contribution in [-0.4, -0.2) is 55.2 Å². The fourth-order valence-electron chi connectivity index (χ4n) is 2.89. The van der Waals surface area contributed by atoms with Gasteiger partial charge in [0, 0.05) is 12.3 Å². The summed E-state index contributed by atoms with van der Waals surface area (Å²) >= 11 is 3.00. The standard InChI is InChI=1S/C19H22N2O4S2/c1-24-15-6-5-13(10-16(15)25-2)7-8-20-18(22)14-11-26-12-21(14)19(23)17-4-3-9-27-17/h3-6,9-10,14H,7-8,11-12H2,1-2H3,(H,20,22). The third-order valence-electron chi connectivity index (χ3n) is 4.34. The molecule has 0 aliphatic carbocycles. The summed E-state index contributed by atoms with van der Waals surface area (Å²) in [6.45, 7) is 0.497. The largest absolute Gasteiger partial charge is 0.493 e. The van der Waals surface area contributed by atoms with Gasteiger partial charge in [0.1, 0.15) is 6.04 Å². The van der Waals surface area contributed by atoms with Crippen molar-refractivity contribution in [2.75, 3.05) is 32.4 Å². The molecule has 0 spiro atoms. The molecule has 1 unspecified atom stereocenters. The predicted molar refractivity (Wildman–Crippen MR) is 108 cm³/mol. The van der Waals surface area contributed by atoms with E-state index in [1.165, 1.54) is 11.3 Å². The van der Waals surface area contributed by atoms with Crippen molar-refractivity contribution < 1.29 is 19.1 Å². The number of rotatable bonds is 7. The van der Waals surface area contributed by atoms with Crippen molar-refractivity contribution >= 4 is 34.9 Å². The lowest BCUT2D eigenvalue weighted by Crippen LogP contribution is -2.47. The zero-order valence-electron chi connectivity index (χ0n) is 15.3. The Balaban J connectivity index is 1.55. The lowest BCUT2D eigenvalue weighted by molar-refractivity contribution is -0.124. The highest BCUT2D eigenvalue weighted by atomic mass is 32.2. The Hall–Kier alpha value is -2.19. The van der Waals surface area contributed by atoms with Crippen LogP contribution in [0, 0.1) is 0 Å². The van der Waals surface area contributed by atoms with Crippen molar-refractivity contribution in [2.45, 2.75) is 12.5 Å². The predicted octanol–water partition coefficient (Wildman–Crippen LogP) is 2.64. The van der Waals surface area contributed by atoms with Crippen molar-refractivity contribution in [1.29, 1.82) is 0 Å². The van der Waals surface area contributed by atoms with Crippen LogP contribution in [0.2, 0.25) is 0 Å². The van der Waals surface area contributed by atoms with E-state index in [-0.39, 0.29) is 11.8 Å². The van der Waals surface area contributed by atoms with Gasteiger partial charge in [-0.15, -0.1) is 23.1 Å². The first kappa shape index (κ1) is 19.6. The lowest BCUT2D eigenvalue weighted by atomic mass is 10.1. The molecule has 8 heteroatoms. The van der Waals surface area contributed by atoms with Crippen molar-refractivity contribution in [3.63, 3.8) is 0 Å². The maximum atomic E-state index is 12.6. The van der Waals surface area contributed by atoms with Gasteiger partial charge in [0.2, 0.25) is 5.91 Å². The van der Waals surface area contributed by atoms with E-state index < -0.39 is 6.04 Å². The van der Waals surface area contributed by atoms with Crippen LogP contribution in [0.15, 0.2) is 35.7 Å². The summed E-state index contributed by atoms with van der Waals surface area (Å²) in [5, 5.41) is 4.82. The van der Waals surface area contributed by atoms with E-state index in [0.717, 1.165) is 5.56 Å². The minimum absolute atomic E-state index is 0.0740. The van der Waals surface area contributed by atoms with Gasteiger partial charge in [0.25, 0.3) is 5.91 Å². The van der Waals surface area contributed by atoms with Crippen LogP contribution in [0.3, 0.4) is 0 Å². The number of ether oxygens (including phenoxy) is 2. The molecule has 2 heterocycles. The Morgan fingerprint density at radius 1 is 1.22 bits per heavy atom. The van der Waals surface area contributed by atoms with Gasteiger partial charge in [0.15, 0.2) is 11.5 Å². The highest BCUT2D eigenvalue weighted by Crippen LogP contribution is 2.28. The molecule has 6 nitrogen and oxygen atoms in total. The van der Waals surface area contributed by atoms with Gasteiger partial charge in [-0.05, 0) is 35.6 Å². The molecule has 0 radical (unpaired) electrons. The summed E-state index contributed by atoms with van der Waals surface area (Å²) in [7, 11) is 3.20. The summed E-state index contributed by atoms with van der Waals surface area (Å²) in [6.07, 6.45) is 0.671. The number of carbonyl (C=O) groups excluding carboxylic acids is 2. The molecule has 1 aliphatic rings. The monoisotopic (exact) mass is 406 g/mol. The molecule has 2 aromatic rings. The average molecular weight is 407 g/mol. The van der Waals surface area contributed by atoms with Crippen LogP contribution in [0.4, 0.5) is 0 Å². The molecule has 144 valence electrons. The molecule has 1 fully saturated rings. The van der Waals surface area contributed by atoms with Gasteiger partial charge in [-0.2, -0.15) is 0 Å². The molecule has 27 heavy (non-hydrogen) atoms. The van der Waals surface area contributed by atoms with E-state index in [2.05, 4.69) is 5.32 Å². The Kier molecular flexibility index (Phi) is 6.63. The first-order valence-electron chi connectivity index (χ1n) is 8.55. The fraction of sp³-hybridized carbons (Fsp3) is 0.368. The molecule has 3 rings (SSSR count). The molecule has 2 amide bonds. The molecule has 0 saturated carbocycles. The van der Waals surface area contributed by atoms with E-state index >= 15 is 0 Å². The van der Waals surface area contributed by atoms with Crippen LogP contribution in [0.1, 0.15) is 15.2 Å². The summed E-state index contributed by atoms with van der Waals surface area (Å²) in [6, 6.07) is 8.93.